The molecule has 1 aromatic carbocycles. The lowest BCUT2D eigenvalue weighted by Gasteiger charge is -2.01. The van der Waals surface area contributed by atoms with Gasteiger partial charge < -0.3 is 5.32 Å². The van der Waals surface area contributed by atoms with Gasteiger partial charge in [0.1, 0.15) is 0 Å². The molecule has 3 heteroatoms. The van der Waals surface area contributed by atoms with Crippen LogP contribution in [0.2, 0.25) is 0 Å². The van der Waals surface area contributed by atoms with Gasteiger partial charge in [-0.05, 0) is 40.3 Å². The first-order valence-corrected chi connectivity index (χ1v) is 5.18. The minimum Gasteiger partial charge on any atom is -0.348 e. The van der Waals surface area contributed by atoms with E-state index in [4.69, 9.17) is 0 Å². The third-order valence-electron chi connectivity index (χ3n) is 1.61. The summed E-state index contributed by atoms with van der Waals surface area (Å²) < 4.78 is 1.18. The first-order valence-electron chi connectivity index (χ1n) is 4.10. The van der Waals surface area contributed by atoms with Crippen molar-refractivity contribution in [2.75, 3.05) is 0 Å². The van der Waals surface area contributed by atoms with Crippen LogP contribution in [0.1, 0.15) is 5.56 Å². The Morgan fingerprint density at radius 3 is 2.71 bits per heavy atom. The van der Waals surface area contributed by atoms with Gasteiger partial charge >= 0.3 is 0 Å². The van der Waals surface area contributed by atoms with E-state index in [0.717, 1.165) is 5.56 Å². The topological polar surface area (TPSA) is 29.1 Å². The maximum Gasteiger partial charge on any atom is 0.251 e. The van der Waals surface area contributed by atoms with E-state index in [1.165, 1.54) is 9.65 Å². The number of carbonyl (C=O) groups excluding carboxylic acids is 1. The number of hydrogen-bond donors (Lipinski definition) is 1. The quantitative estimate of drug-likeness (QED) is 0.518. The molecule has 1 aromatic rings. The molecule has 0 fully saturated rings. The van der Waals surface area contributed by atoms with Gasteiger partial charge in [0, 0.05) is 16.2 Å². The third-order valence-corrected chi connectivity index (χ3v) is 2.33. The lowest BCUT2D eigenvalue weighted by Crippen LogP contribution is -2.19. The van der Waals surface area contributed by atoms with Crippen molar-refractivity contribution in [1.82, 2.24) is 5.32 Å². The van der Waals surface area contributed by atoms with Gasteiger partial charge in [0.25, 0.3) is 5.91 Å². The van der Waals surface area contributed by atoms with E-state index in [1.807, 2.05) is 24.3 Å². The molecule has 2 nitrogen and oxygen atoms in total. The minimum absolute atomic E-state index is 0.168. The summed E-state index contributed by atoms with van der Waals surface area (Å²) >= 11 is 2.24. The fraction of sp³-hybridized carbons (Fsp3) is 0.0909. The highest BCUT2D eigenvalue weighted by molar-refractivity contribution is 14.1. The molecule has 0 heterocycles. The number of amides is 1. The molecular formula is C11H10INO. The van der Waals surface area contributed by atoms with Crippen molar-refractivity contribution in [3.05, 3.63) is 51.8 Å². The number of rotatable bonds is 3. The Labute approximate surface area is 96.9 Å². The van der Waals surface area contributed by atoms with Gasteiger partial charge in [-0.3, -0.25) is 4.79 Å². The van der Waals surface area contributed by atoms with E-state index in [9.17, 15) is 4.79 Å². The molecule has 0 aliphatic rings. The predicted molar refractivity (Wildman–Crippen MR) is 64.7 cm³/mol. The van der Waals surface area contributed by atoms with E-state index in [1.54, 1.807) is 0 Å². The van der Waals surface area contributed by atoms with E-state index in [0.29, 0.717) is 6.54 Å². The zero-order valence-corrected chi connectivity index (χ0v) is 9.74. The molecule has 1 amide bonds. The average Bonchev–Trinajstić information content (AvgIpc) is 2.17. The summed E-state index contributed by atoms with van der Waals surface area (Å²) in [6.45, 7) is 3.86. The summed E-state index contributed by atoms with van der Waals surface area (Å²) in [6, 6.07) is 7.98. The van der Waals surface area contributed by atoms with E-state index < -0.39 is 0 Å². The highest BCUT2D eigenvalue weighted by Gasteiger charge is 1.95. The molecule has 0 saturated heterocycles. The van der Waals surface area contributed by atoms with Crippen molar-refractivity contribution in [2.24, 2.45) is 0 Å². The molecule has 0 bridgehead atoms. The number of hydrogen-bond acceptors (Lipinski definition) is 1. The van der Waals surface area contributed by atoms with Gasteiger partial charge in [-0.2, -0.15) is 0 Å². The highest BCUT2D eigenvalue weighted by atomic mass is 127. The lowest BCUT2D eigenvalue weighted by atomic mass is 10.2. The first kappa shape index (κ1) is 11.0. The second kappa shape index (κ2) is 5.62. The van der Waals surface area contributed by atoms with E-state index in [2.05, 4.69) is 40.2 Å². The van der Waals surface area contributed by atoms with Crippen molar-refractivity contribution in [3.63, 3.8) is 0 Å². The second-order valence-corrected chi connectivity index (χ2v) is 3.94. The Hall–Kier alpha value is -1.06. The predicted octanol–water partition coefficient (Wildman–Crippen LogP) is 2.25. The summed E-state index contributed by atoms with van der Waals surface area (Å²) in [6.07, 6.45) is 1.28. The second-order valence-electron chi connectivity index (χ2n) is 2.69. The molecule has 0 spiro atoms. The zero-order chi connectivity index (χ0) is 10.4. The smallest absolute Gasteiger partial charge is 0.251 e. The Bertz CT molecular complexity index is 363. The number of nitrogens with one attached hydrogen (secondary N) is 1. The largest absolute Gasteiger partial charge is 0.348 e. The molecule has 0 aliphatic carbocycles. The molecular weight excluding hydrogens is 289 g/mol. The fourth-order valence-electron chi connectivity index (χ4n) is 0.935. The van der Waals surface area contributed by atoms with Crippen molar-refractivity contribution in [1.29, 1.82) is 0 Å². The molecule has 0 radical (unpaired) electrons. The van der Waals surface area contributed by atoms with Crippen LogP contribution in [0, 0.1) is 3.57 Å². The van der Waals surface area contributed by atoms with Crippen LogP contribution < -0.4 is 5.32 Å². The van der Waals surface area contributed by atoms with Gasteiger partial charge in [-0.25, -0.2) is 0 Å². The van der Waals surface area contributed by atoms with Gasteiger partial charge in [-0.15, -0.1) is 5.73 Å². The molecule has 0 aliphatic heterocycles. The van der Waals surface area contributed by atoms with E-state index >= 15 is 0 Å². The highest BCUT2D eigenvalue weighted by Crippen LogP contribution is 2.06. The molecule has 0 saturated carbocycles. The summed E-state index contributed by atoms with van der Waals surface area (Å²) in [5.74, 6) is -0.168. The Morgan fingerprint density at radius 2 is 2.14 bits per heavy atom. The van der Waals surface area contributed by atoms with Crippen LogP contribution in [-0.2, 0) is 11.3 Å². The molecule has 0 atom stereocenters. The Morgan fingerprint density at radius 1 is 1.50 bits per heavy atom. The van der Waals surface area contributed by atoms with Crippen molar-refractivity contribution in [2.45, 2.75) is 6.54 Å². The van der Waals surface area contributed by atoms with Crippen LogP contribution in [0.25, 0.3) is 0 Å². The zero-order valence-electron chi connectivity index (χ0n) is 7.59. The molecule has 1 rings (SSSR count). The SMILES string of the molecule is C=C=CC(=O)NCc1ccc(I)cc1. The molecule has 0 unspecified atom stereocenters. The number of carbonyl (C=O) groups is 1. The number of benzene rings is 1. The normalized spacial score (nSPS) is 8.93. The van der Waals surface area contributed by atoms with Gasteiger partial charge in [0.15, 0.2) is 0 Å². The molecule has 0 aromatic heterocycles. The van der Waals surface area contributed by atoms with Crippen LogP contribution in [0.3, 0.4) is 0 Å². The standard InChI is InChI=1S/C11H10INO/c1-2-3-11(14)13-8-9-4-6-10(12)7-5-9/h3-7H,1,8H2,(H,13,14). The fourth-order valence-corrected chi connectivity index (χ4v) is 1.29. The van der Waals surface area contributed by atoms with Crippen molar-refractivity contribution in [3.8, 4) is 0 Å². The summed E-state index contributed by atoms with van der Waals surface area (Å²) in [5.41, 5.74) is 3.50. The summed E-state index contributed by atoms with van der Waals surface area (Å²) in [4.78, 5) is 11.0. The lowest BCUT2D eigenvalue weighted by molar-refractivity contribution is -0.116. The maximum absolute atomic E-state index is 11.0. The maximum atomic E-state index is 11.0. The van der Waals surface area contributed by atoms with Gasteiger partial charge in [0.05, 0.1) is 0 Å². The molecule has 72 valence electrons. The minimum atomic E-state index is -0.168. The first-order chi connectivity index (χ1) is 6.72. The van der Waals surface area contributed by atoms with Crippen molar-refractivity contribution < 1.29 is 4.79 Å². The summed E-state index contributed by atoms with van der Waals surface area (Å²) in [5, 5.41) is 2.72. The van der Waals surface area contributed by atoms with E-state index in [-0.39, 0.29) is 5.91 Å². The van der Waals surface area contributed by atoms with Crippen LogP contribution in [0.15, 0.2) is 42.7 Å². The monoisotopic (exact) mass is 299 g/mol. The van der Waals surface area contributed by atoms with Crippen LogP contribution in [0.5, 0.6) is 0 Å². The summed E-state index contributed by atoms with van der Waals surface area (Å²) in [7, 11) is 0. The van der Waals surface area contributed by atoms with Crippen LogP contribution in [0.4, 0.5) is 0 Å². The molecule has 1 N–H and O–H groups in total. The molecule has 14 heavy (non-hydrogen) atoms. The Balaban J connectivity index is 2.49. The van der Waals surface area contributed by atoms with Gasteiger partial charge in [-0.1, -0.05) is 18.7 Å². The Kier molecular flexibility index (Phi) is 4.43. The average molecular weight is 299 g/mol. The number of halogens is 1. The van der Waals surface area contributed by atoms with Crippen molar-refractivity contribution >= 4 is 28.5 Å². The van der Waals surface area contributed by atoms with Gasteiger partial charge in [0.2, 0.25) is 0 Å². The van der Waals surface area contributed by atoms with Crippen LogP contribution >= 0.6 is 22.6 Å². The third kappa shape index (κ3) is 3.77. The van der Waals surface area contributed by atoms with Crippen LogP contribution in [-0.4, -0.2) is 5.91 Å².